The van der Waals surface area contributed by atoms with Crippen molar-refractivity contribution in [3.63, 3.8) is 0 Å². The van der Waals surface area contributed by atoms with E-state index in [1.807, 2.05) is 0 Å². The van der Waals surface area contributed by atoms with Gasteiger partial charge in [0.1, 0.15) is 5.69 Å². The number of nitrogens with zero attached hydrogens (tertiary/aromatic N) is 1. The predicted octanol–water partition coefficient (Wildman–Crippen LogP) is 2.65. The van der Waals surface area contributed by atoms with Crippen LogP contribution in [0.2, 0.25) is 0 Å². The standard InChI is InChI=1S/C10H5F2NOS/c11-7-2-1-6(5-8(7)12)10(14)9-3-4-15-13-9/h1-5H. The molecule has 0 radical (unpaired) electrons. The van der Waals surface area contributed by atoms with Gasteiger partial charge in [-0.25, -0.2) is 8.78 Å². The molecule has 0 amide bonds. The van der Waals surface area contributed by atoms with Gasteiger partial charge in [0, 0.05) is 10.9 Å². The van der Waals surface area contributed by atoms with E-state index in [2.05, 4.69) is 4.37 Å². The summed E-state index contributed by atoms with van der Waals surface area (Å²) in [5.74, 6) is -2.41. The SMILES string of the molecule is O=C(c1ccc(F)c(F)c1)c1ccsn1. The first-order chi connectivity index (χ1) is 7.18. The number of rotatable bonds is 2. The lowest BCUT2D eigenvalue weighted by Gasteiger charge is -1.98. The fraction of sp³-hybridized carbons (Fsp3) is 0. The van der Waals surface area contributed by atoms with Crippen LogP contribution < -0.4 is 0 Å². The molecule has 0 atom stereocenters. The molecule has 0 aliphatic rings. The average Bonchev–Trinajstić information content (AvgIpc) is 2.74. The Hall–Kier alpha value is -1.62. The van der Waals surface area contributed by atoms with E-state index in [0.717, 1.165) is 23.7 Å². The Morgan fingerprint density at radius 2 is 2.00 bits per heavy atom. The molecule has 0 saturated carbocycles. The molecular formula is C10H5F2NOS. The zero-order valence-electron chi connectivity index (χ0n) is 7.41. The summed E-state index contributed by atoms with van der Waals surface area (Å²) in [4.78, 5) is 11.6. The molecule has 0 bridgehead atoms. The minimum atomic E-state index is -1.03. The van der Waals surface area contributed by atoms with Gasteiger partial charge in [0.25, 0.3) is 0 Å². The molecule has 5 heteroatoms. The van der Waals surface area contributed by atoms with Crippen LogP contribution in [0.3, 0.4) is 0 Å². The first-order valence-corrected chi connectivity index (χ1v) is 4.92. The zero-order valence-corrected chi connectivity index (χ0v) is 8.22. The van der Waals surface area contributed by atoms with Gasteiger partial charge in [0.2, 0.25) is 5.78 Å². The number of halogens is 2. The average molecular weight is 225 g/mol. The Kier molecular flexibility index (Phi) is 2.55. The summed E-state index contributed by atoms with van der Waals surface area (Å²) >= 11 is 1.13. The molecule has 0 aliphatic heterocycles. The topological polar surface area (TPSA) is 30.0 Å². The number of aromatic nitrogens is 1. The third kappa shape index (κ3) is 1.92. The molecule has 76 valence electrons. The predicted molar refractivity (Wildman–Crippen MR) is 51.9 cm³/mol. The summed E-state index contributed by atoms with van der Waals surface area (Å²) in [5.41, 5.74) is 0.339. The maximum absolute atomic E-state index is 12.8. The monoisotopic (exact) mass is 225 g/mol. The van der Waals surface area contributed by atoms with Crippen molar-refractivity contribution in [2.24, 2.45) is 0 Å². The van der Waals surface area contributed by atoms with E-state index in [1.165, 1.54) is 12.1 Å². The summed E-state index contributed by atoms with van der Waals surface area (Å²) in [5, 5.41) is 1.65. The Morgan fingerprint density at radius 1 is 1.20 bits per heavy atom. The van der Waals surface area contributed by atoms with Crippen LogP contribution in [-0.2, 0) is 0 Å². The van der Waals surface area contributed by atoms with Crippen LogP contribution in [0.25, 0.3) is 0 Å². The van der Waals surface area contributed by atoms with Crippen LogP contribution in [0.1, 0.15) is 16.1 Å². The van der Waals surface area contributed by atoms with E-state index in [-0.39, 0.29) is 11.3 Å². The van der Waals surface area contributed by atoms with E-state index in [9.17, 15) is 13.6 Å². The Balaban J connectivity index is 2.39. The highest BCUT2D eigenvalue weighted by Crippen LogP contribution is 2.13. The summed E-state index contributed by atoms with van der Waals surface area (Å²) in [7, 11) is 0. The number of carbonyl (C=O) groups is 1. The van der Waals surface area contributed by atoms with Gasteiger partial charge in [-0.1, -0.05) is 0 Å². The molecule has 15 heavy (non-hydrogen) atoms. The molecule has 1 heterocycles. The maximum Gasteiger partial charge on any atom is 0.212 e. The van der Waals surface area contributed by atoms with Crippen LogP contribution in [0.15, 0.2) is 29.6 Å². The largest absolute Gasteiger partial charge is 0.287 e. The van der Waals surface area contributed by atoms with Crippen molar-refractivity contribution in [2.75, 3.05) is 0 Å². The van der Waals surface area contributed by atoms with Gasteiger partial charge in [0.05, 0.1) is 0 Å². The molecule has 0 N–H and O–H groups in total. The lowest BCUT2D eigenvalue weighted by Crippen LogP contribution is -2.02. The Bertz CT molecular complexity index is 496. The minimum Gasteiger partial charge on any atom is -0.287 e. The summed E-state index contributed by atoms with van der Waals surface area (Å²) in [6.07, 6.45) is 0. The normalized spacial score (nSPS) is 10.3. The van der Waals surface area contributed by atoms with Crippen molar-refractivity contribution in [3.8, 4) is 0 Å². The number of hydrogen-bond donors (Lipinski definition) is 0. The van der Waals surface area contributed by atoms with Gasteiger partial charge in [-0.15, -0.1) is 0 Å². The quantitative estimate of drug-likeness (QED) is 0.735. The molecule has 1 aromatic heterocycles. The van der Waals surface area contributed by atoms with Gasteiger partial charge in [-0.05, 0) is 35.8 Å². The zero-order chi connectivity index (χ0) is 10.8. The fourth-order valence-corrected chi connectivity index (χ4v) is 1.62. The van der Waals surface area contributed by atoms with E-state index >= 15 is 0 Å². The fourth-order valence-electron chi connectivity index (χ4n) is 1.11. The van der Waals surface area contributed by atoms with Crippen LogP contribution >= 0.6 is 11.5 Å². The van der Waals surface area contributed by atoms with Crippen molar-refractivity contribution in [3.05, 3.63) is 52.5 Å². The van der Waals surface area contributed by atoms with Crippen LogP contribution in [0.5, 0.6) is 0 Å². The highest BCUT2D eigenvalue weighted by Gasteiger charge is 2.13. The molecule has 0 aliphatic carbocycles. The van der Waals surface area contributed by atoms with E-state index in [1.54, 1.807) is 5.38 Å². The van der Waals surface area contributed by atoms with Crippen molar-refractivity contribution in [1.82, 2.24) is 4.37 Å². The molecule has 2 rings (SSSR count). The highest BCUT2D eigenvalue weighted by atomic mass is 32.1. The second-order valence-electron chi connectivity index (χ2n) is 2.84. The summed E-state index contributed by atoms with van der Waals surface area (Å²) in [6.45, 7) is 0. The number of hydrogen-bond acceptors (Lipinski definition) is 3. The smallest absolute Gasteiger partial charge is 0.212 e. The van der Waals surface area contributed by atoms with Gasteiger partial charge in [0.15, 0.2) is 11.6 Å². The Labute approximate surface area is 88.3 Å². The van der Waals surface area contributed by atoms with Crippen molar-refractivity contribution in [1.29, 1.82) is 0 Å². The van der Waals surface area contributed by atoms with Crippen LogP contribution in [0, 0.1) is 11.6 Å². The van der Waals surface area contributed by atoms with Gasteiger partial charge in [-0.2, -0.15) is 4.37 Å². The van der Waals surface area contributed by atoms with Crippen molar-refractivity contribution < 1.29 is 13.6 Å². The molecule has 2 nitrogen and oxygen atoms in total. The third-order valence-corrected chi connectivity index (χ3v) is 2.41. The van der Waals surface area contributed by atoms with E-state index in [4.69, 9.17) is 0 Å². The molecule has 0 saturated heterocycles. The second kappa shape index (κ2) is 3.86. The molecule has 0 unspecified atom stereocenters. The van der Waals surface area contributed by atoms with E-state index < -0.39 is 17.4 Å². The van der Waals surface area contributed by atoms with E-state index in [0.29, 0.717) is 0 Å². The van der Waals surface area contributed by atoms with Gasteiger partial charge < -0.3 is 0 Å². The van der Waals surface area contributed by atoms with Crippen molar-refractivity contribution in [2.45, 2.75) is 0 Å². The van der Waals surface area contributed by atoms with Gasteiger partial charge in [-0.3, -0.25) is 4.79 Å². The summed E-state index contributed by atoms with van der Waals surface area (Å²) < 4.78 is 29.3. The van der Waals surface area contributed by atoms with Crippen LogP contribution in [0.4, 0.5) is 8.78 Å². The van der Waals surface area contributed by atoms with Crippen molar-refractivity contribution >= 4 is 17.3 Å². The number of carbonyl (C=O) groups excluding carboxylic acids is 1. The molecule has 0 fully saturated rings. The highest BCUT2D eigenvalue weighted by molar-refractivity contribution is 7.03. The lowest BCUT2D eigenvalue weighted by molar-refractivity contribution is 0.103. The molecule has 1 aromatic carbocycles. The molecule has 0 spiro atoms. The van der Waals surface area contributed by atoms with Gasteiger partial charge >= 0.3 is 0 Å². The summed E-state index contributed by atoms with van der Waals surface area (Å²) in [6, 6.07) is 4.57. The Morgan fingerprint density at radius 3 is 2.60 bits per heavy atom. The maximum atomic E-state index is 12.8. The number of benzene rings is 1. The first-order valence-electron chi connectivity index (χ1n) is 4.08. The minimum absolute atomic E-state index is 0.0970. The second-order valence-corrected chi connectivity index (χ2v) is 3.51. The van der Waals surface area contributed by atoms with Crippen LogP contribution in [-0.4, -0.2) is 10.2 Å². The lowest BCUT2D eigenvalue weighted by atomic mass is 10.1. The number of ketones is 1. The first kappa shape index (κ1) is 9.92. The third-order valence-electron chi connectivity index (χ3n) is 1.85. The molecule has 2 aromatic rings. The molecular weight excluding hydrogens is 220 g/mol.